The highest BCUT2D eigenvalue weighted by Gasteiger charge is 2.20. The highest BCUT2D eigenvalue weighted by molar-refractivity contribution is 5.88. The summed E-state index contributed by atoms with van der Waals surface area (Å²) in [7, 11) is 1.66. The first-order valence-electron chi connectivity index (χ1n) is 9.41. The smallest absolute Gasteiger partial charge is 0.227 e. The molecule has 0 saturated carbocycles. The van der Waals surface area contributed by atoms with E-state index in [1.807, 2.05) is 74.5 Å². The summed E-state index contributed by atoms with van der Waals surface area (Å²) in [6.45, 7) is 3.86. The van der Waals surface area contributed by atoms with E-state index < -0.39 is 0 Å². The van der Waals surface area contributed by atoms with E-state index >= 15 is 0 Å². The fraction of sp³-hybridized carbons (Fsp3) is 0.208. The van der Waals surface area contributed by atoms with Gasteiger partial charge in [-0.15, -0.1) is 0 Å². The van der Waals surface area contributed by atoms with Crippen molar-refractivity contribution in [1.82, 2.24) is 5.32 Å². The molecule has 4 nitrogen and oxygen atoms in total. The van der Waals surface area contributed by atoms with Crippen molar-refractivity contribution < 1.29 is 13.9 Å². The summed E-state index contributed by atoms with van der Waals surface area (Å²) in [6, 6.07) is 21.7. The third-order valence-corrected chi connectivity index (χ3v) is 5.19. The molecule has 0 aliphatic carbocycles. The molecule has 0 saturated heterocycles. The number of carbonyl (C=O) groups is 1. The minimum Gasteiger partial charge on any atom is -0.497 e. The lowest BCUT2D eigenvalue weighted by molar-refractivity contribution is -0.123. The number of hydrogen-bond acceptors (Lipinski definition) is 3. The standard InChI is InChI=1S/C24H23NO3/c1-15(17-8-9-19-13-21(27-3)11-10-18(19)12-17)24(26)25-16(2)23-14-20-6-4-5-7-22(20)28-23/h4-16H,1-3H3,(H,25,26)/t15-,16-/m1/s1. The quantitative estimate of drug-likeness (QED) is 0.497. The molecule has 1 amide bonds. The van der Waals surface area contributed by atoms with Crippen molar-refractivity contribution in [2.24, 2.45) is 0 Å². The Bertz CT molecular complexity index is 1110. The Hall–Kier alpha value is -3.27. The summed E-state index contributed by atoms with van der Waals surface area (Å²) in [4.78, 5) is 12.8. The fourth-order valence-electron chi connectivity index (χ4n) is 3.42. The molecule has 0 aliphatic rings. The van der Waals surface area contributed by atoms with Gasteiger partial charge in [-0.2, -0.15) is 0 Å². The second-order valence-electron chi connectivity index (χ2n) is 7.11. The van der Waals surface area contributed by atoms with Gasteiger partial charge in [0.15, 0.2) is 0 Å². The molecule has 0 unspecified atom stereocenters. The van der Waals surface area contributed by atoms with Gasteiger partial charge in [0.05, 0.1) is 19.1 Å². The Kier molecular flexibility index (Phi) is 4.78. The zero-order chi connectivity index (χ0) is 19.7. The maximum absolute atomic E-state index is 12.8. The van der Waals surface area contributed by atoms with Crippen LogP contribution in [-0.2, 0) is 4.79 Å². The zero-order valence-electron chi connectivity index (χ0n) is 16.2. The number of furan rings is 1. The van der Waals surface area contributed by atoms with Crippen molar-refractivity contribution in [3.8, 4) is 5.75 Å². The average Bonchev–Trinajstić information content (AvgIpc) is 3.16. The Morgan fingerprint density at radius 2 is 1.68 bits per heavy atom. The van der Waals surface area contributed by atoms with Crippen LogP contribution >= 0.6 is 0 Å². The fourth-order valence-corrected chi connectivity index (χ4v) is 3.42. The van der Waals surface area contributed by atoms with E-state index in [1.165, 1.54) is 0 Å². The summed E-state index contributed by atoms with van der Waals surface area (Å²) in [5.41, 5.74) is 1.81. The van der Waals surface area contributed by atoms with Crippen molar-refractivity contribution in [2.75, 3.05) is 7.11 Å². The number of carbonyl (C=O) groups excluding carboxylic acids is 1. The number of methoxy groups -OCH3 is 1. The molecular weight excluding hydrogens is 350 g/mol. The molecule has 3 aromatic carbocycles. The highest BCUT2D eigenvalue weighted by Crippen LogP contribution is 2.27. The number of benzene rings is 3. The van der Waals surface area contributed by atoms with Crippen LogP contribution in [0.1, 0.15) is 37.1 Å². The third-order valence-electron chi connectivity index (χ3n) is 5.19. The van der Waals surface area contributed by atoms with E-state index in [1.54, 1.807) is 7.11 Å². The third kappa shape index (κ3) is 3.46. The topological polar surface area (TPSA) is 51.5 Å². The number of ether oxygens (including phenoxy) is 1. The van der Waals surface area contributed by atoms with Gasteiger partial charge in [0.2, 0.25) is 5.91 Å². The van der Waals surface area contributed by atoms with Gasteiger partial charge in [0.25, 0.3) is 0 Å². The van der Waals surface area contributed by atoms with Crippen LogP contribution in [0.2, 0.25) is 0 Å². The van der Waals surface area contributed by atoms with Crippen molar-refractivity contribution in [3.63, 3.8) is 0 Å². The lowest BCUT2D eigenvalue weighted by Gasteiger charge is -2.17. The number of amides is 1. The number of nitrogens with one attached hydrogen (secondary N) is 1. The normalized spacial score (nSPS) is 13.4. The van der Waals surface area contributed by atoms with Crippen LogP contribution in [0, 0.1) is 0 Å². The van der Waals surface area contributed by atoms with E-state index in [0.717, 1.165) is 38.8 Å². The predicted octanol–water partition coefficient (Wildman–Crippen LogP) is 5.58. The van der Waals surface area contributed by atoms with Crippen LogP contribution < -0.4 is 10.1 Å². The lowest BCUT2D eigenvalue weighted by Crippen LogP contribution is -2.30. The average molecular weight is 373 g/mol. The van der Waals surface area contributed by atoms with Crippen LogP contribution in [0.4, 0.5) is 0 Å². The molecular formula is C24H23NO3. The first-order valence-corrected chi connectivity index (χ1v) is 9.41. The Balaban J connectivity index is 1.51. The molecule has 0 bridgehead atoms. The molecule has 0 aliphatic heterocycles. The van der Waals surface area contributed by atoms with E-state index in [2.05, 4.69) is 11.4 Å². The van der Waals surface area contributed by atoms with Gasteiger partial charge in [-0.3, -0.25) is 4.79 Å². The molecule has 1 N–H and O–H groups in total. The number of hydrogen-bond donors (Lipinski definition) is 1. The molecule has 4 heteroatoms. The maximum atomic E-state index is 12.8. The number of para-hydroxylation sites is 1. The van der Waals surface area contributed by atoms with Crippen LogP contribution in [0.25, 0.3) is 21.7 Å². The van der Waals surface area contributed by atoms with Crippen molar-refractivity contribution >= 4 is 27.6 Å². The Morgan fingerprint density at radius 3 is 2.46 bits per heavy atom. The maximum Gasteiger partial charge on any atom is 0.227 e. The molecule has 2 atom stereocenters. The van der Waals surface area contributed by atoms with E-state index in [9.17, 15) is 4.79 Å². The van der Waals surface area contributed by atoms with Crippen LogP contribution in [-0.4, -0.2) is 13.0 Å². The molecule has 1 heterocycles. The van der Waals surface area contributed by atoms with Crippen LogP contribution in [0.3, 0.4) is 0 Å². The van der Waals surface area contributed by atoms with Crippen molar-refractivity contribution in [2.45, 2.75) is 25.8 Å². The molecule has 1 aromatic heterocycles. The van der Waals surface area contributed by atoms with Gasteiger partial charge >= 0.3 is 0 Å². The predicted molar refractivity (Wildman–Crippen MR) is 112 cm³/mol. The van der Waals surface area contributed by atoms with Gasteiger partial charge in [-0.1, -0.05) is 42.5 Å². The SMILES string of the molecule is COc1ccc2cc([C@@H](C)C(=O)N[C@H](C)c3cc4ccccc4o3)ccc2c1. The second-order valence-corrected chi connectivity index (χ2v) is 7.11. The first-order chi connectivity index (χ1) is 13.5. The minimum atomic E-state index is -0.265. The molecule has 4 rings (SSSR count). The summed E-state index contributed by atoms with van der Waals surface area (Å²) in [5.74, 6) is 1.29. The van der Waals surface area contributed by atoms with Gasteiger partial charge < -0.3 is 14.5 Å². The molecule has 0 spiro atoms. The van der Waals surface area contributed by atoms with E-state index in [0.29, 0.717) is 0 Å². The van der Waals surface area contributed by atoms with Crippen LogP contribution in [0.15, 0.2) is 71.1 Å². The van der Waals surface area contributed by atoms with E-state index in [4.69, 9.17) is 9.15 Å². The molecule has 28 heavy (non-hydrogen) atoms. The van der Waals surface area contributed by atoms with Gasteiger partial charge in [0.1, 0.15) is 17.1 Å². The minimum absolute atomic E-state index is 0.0270. The number of rotatable bonds is 5. The highest BCUT2D eigenvalue weighted by atomic mass is 16.5. The summed E-state index contributed by atoms with van der Waals surface area (Å²) in [5, 5.41) is 6.28. The largest absolute Gasteiger partial charge is 0.497 e. The van der Waals surface area contributed by atoms with Crippen LogP contribution in [0.5, 0.6) is 5.75 Å². The monoisotopic (exact) mass is 373 g/mol. The Morgan fingerprint density at radius 1 is 0.929 bits per heavy atom. The van der Waals surface area contributed by atoms with E-state index in [-0.39, 0.29) is 17.9 Å². The molecule has 4 aromatic rings. The molecule has 0 radical (unpaired) electrons. The lowest BCUT2D eigenvalue weighted by atomic mass is 9.96. The zero-order valence-corrected chi connectivity index (χ0v) is 16.2. The summed E-state index contributed by atoms with van der Waals surface area (Å²) in [6.07, 6.45) is 0. The summed E-state index contributed by atoms with van der Waals surface area (Å²) >= 11 is 0. The summed E-state index contributed by atoms with van der Waals surface area (Å²) < 4.78 is 11.1. The molecule has 0 fully saturated rings. The van der Waals surface area contributed by atoms with Crippen molar-refractivity contribution in [3.05, 3.63) is 78.1 Å². The van der Waals surface area contributed by atoms with Crippen molar-refractivity contribution in [1.29, 1.82) is 0 Å². The van der Waals surface area contributed by atoms with Gasteiger partial charge in [-0.25, -0.2) is 0 Å². The van der Waals surface area contributed by atoms with Gasteiger partial charge in [0, 0.05) is 5.39 Å². The molecule has 142 valence electrons. The second kappa shape index (κ2) is 7.39. The van der Waals surface area contributed by atoms with Gasteiger partial charge in [-0.05, 0) is 54.4 Å². The Labute approximate surface area is 164 Å². The first kappa shape index (κ1) is 18.1. The number of fused-ring (bicyclic) bond motifs is 2.